The maximum atomic E-state index is 13.6. The molecule has 1 amide bonds. The number of carbonyl (C=O) groups excluding carboxylic acids is 1. The lowest BCUT2D eigenvalue weighted by molar-refractivity contribution is -0.148. The Bertz CT molecular complexity index is 1320. The van der Waals surface area contributed by atoms with Crippen molar-refractivity contribution in [1.82, 2.24) is 25.2 Å². The number of H-pyrrole nitrogens is 1. The Morgan fingerprint density at radius 1 is 1.15 bits per heavy atom. The summed E-state index contributed by atoms with van der Waals surface area (Å²) in [5, 5.41) is 4.51. The lowest BCUT2D eigenvalue weighted by atomic mass is 9.42. The van der Waals surface area contributed by atoms with Gasteiger partial charge in [-0.1, -0.05) is 18.2 Å². The largest absolute Gasteiger partial charge is 0.291 e. The molecule has 4 fully saturated rings. The fraction of sp³-hybridized carbons (Fsp3) is 0.520. The third-order valence-electron chi connectivity index (χ3n) is 8.56. The van der Waals surface area contributed by atoms with E-state index in [9.17, 15) is 9.59 Å². The van der Waals surface area contributed by atoms with Gasteiger partial charge in [-0.2, -0.15) is 10.1 Å². The van der Waals surface area contributed by atoms with Gasteiger partial charge in [0.05, 0.1) is 11.6 Å². The number of hydrogen-bond acceptors (Lipinski definition) is 5. The first-order valence-electron chi connectivity index (χ1n) is 11.8. The van der Waals surface area contributed by atoms with Gasteiger partial charge in [0.2, 0.25) is 11.9 Å². The normalized spacial score (nSPS) is 30.0. The molecule has 3 aromatic rings. The minimum atomic E-state index is -0.382. The Hall–Kier alpha value is -3.16. The van der Waals surface area contributed by atoms with E-state index in [0.29, 0.717) is 22.9 Å². The molecule has 2 atom stereocenters. The number of hydrazine groups is 1. The number of aryl methyl sites for hydroxylation is 3. The standard InChI is InChI=1S/C25H30N6O2/c1-14-4-5-18(6-15(14)2)24-8-16-7-17(9-24)11-25(10-16,13-24)22(33)29-30-23-27-20-19(21(32)28-23)12-26-31(20)3/h4-6,12,16-17H,7-11,13H2,1-3H3,(H,29,33)(H2,27,28,30,32). The lowest BCUT2D eigenvalue weighted by Gasteiger charge is -2.61. The van der Waals surface area contributed by atoms with Crippen molar-refractivity contribution < 1.29 is 4.79 Å². The van der Waals surface area contributed by atoms with Crippen LogP contribution in [0.4, 0.5) is 5.95 Å². The van der Waals surface area contributed by atoms with Crippen molar-refractivity contribution >= 4 is 22.9 Å². The van der Waals surface area contributed by atoms with Gasteiger partial charge in [-0.3, -0.25) is 30.1 Å². The second-order valence-electron chi connectivity index (χ2n) is 10.8. The molecule has 3 N–H and O–H groups in total. The average molecular weight is 447 g/mol. The number of aromatic nitrogens is 4. The van der Waals surface area contributed by atoms with Crippen LogP contribution in [0.25, 0.3) is 11.0 Å². The van der Waals surface area contributed by atoms with Crippen molar-refractivity contribution in [2.75, 3.05) is 5.43 Å². The highest BCUT2D eigenvalue weighted by Gasteiger charge is 2.61. The van der Waals surface area contributed by atoms with E-state index >= 15 is 0 Å². The highest BCUT2D eigenvalue weighted by Crippen LogP contribution is 2.65. The summed E-state index contributed by atoms with van der Waals surface area (Å²) in [6.45, 7) is 4.33. The number of aromatic amines is 1. The summed E-state index contributed by atoms with van der Waals surface area (Å²) in [6.07, 6.45) is 7.85. The van der Waals surface area contributed by atoms with Crippen molar-refractivity contribution in [2.24, 2.45) is 24.3 Å². The second kappa shape index (κ2) is 6.92. The number of fused-ring (bicyclic) bond motifs is 1. The van der Waals surface area contributed by atoms with Crippen LogP contribution in [0.3, 0.4) is 0 Å². The van der Waals surface area contributed by atoms with Gasteiger partial charge in [-0.05, 0) is 86.3 Å². The molecule has 2 heterocycles. The molecule has 0 aliphatic heterocycles. The van der Waals surface area contributed by atoms with Crippen molar-refractivity contribution in [3.05, 3.63) is 51.4 Å². The highest BCUT2D eigenvalue weighted by atomic mass is 16.2. The van der Waals surface area contributed by atoms with E-state index in [1.165, 1.54) is 42.1 Å². The van der Waals surface area contributed by atoms with Gasteiger partial charge in [0.15, 0.2) is 5.65 Å². The fourth-order valence-electron chi connectivity index (χ4n) is 7.28. The van der Waals surface area contributed by atoms with E-state index in [4.69, 9.17) is 0 Å². The van der Waals surface area contributed by atoms with E-state index < -0.39 is 0 Å². The first-order chi connectivity index (χ1) is 15.8. The number of carbonyl (C=O) groups is 1. The van der Waals surface area contributed by atoms with Gasteiger partial charge in [-0.25, -0.2) is 0 Å². The van der Waals surface area contributed by atoms with E-state index in [2.05, 4.69) is 58.0 Å². The monoisotopic (exact) mass is 446 g/mol. The molecule has 4 saturated carbocycles. The topological polar surface area (TPSA) is 105 Å². The van der Waals surface area contributed by atoms with Crippen LogP contribution in [0.2, 0.25) is 0 Å². The number of hydrogen-bond donors (Lipinski definition) is 3. The van der Waals surface area contributed by atoms with Crippen LogP contribution in [-0.2, 0) is 17.3 Å². The minimum Gasteiger partial charge on any atom is -0.291 e. The van der Waals surface area contributed by atoms with Crippen LogP contribution >= 0.6 is 0 Å². The third kappa shape index (κ3) is 3.10. The van der Waals surface area contributed by atoms with Crippen LogP contribution in [0, 0.1) is 31.1 Å². The average Bonchev–Trinajstić information content (AvgIpc) is 3.14. The van der Waals surface area contributed by atoms with E-state index in [0.717, 1.165) is 19.3 Å². The van der Waals surface area contributed by atoms with Gasteiger partial charge < -0.3 is 0 Å². The zero-order valence-corrected chi connectivity index (χ0v) is 19.4. The predicted molar refractivity (Wildman–Crippen MR) is 126 cm³/mol. The van der Waals surface area contributed by atoms with Gasteiger partial charge in [0.1, 0.15) is 5.39 Å². The van der Waals surface area contributed by atoms with Crippen molar-refractivity contribution in [3.63, 3.8) is 0 Å². The van der Waals surface area contributed by atoms with Crippen molar-refractivity contribution in [3.8, 4) is 0 Å². The Morgan fingerprint density at radius 2 is 1.91 bits per heavy atom. The summed E-state index contributed by atoms with van der Waals surface area (Å²) in [6, 6.07) is 6.87. The minimum absolute atomic E-state index is 0.0116. The van der Waals surface area contributed by atoms with Gasteiger partial charge in [-0.15, -0.1) is 0 Å². The number of amides is 1. The first-order valence-corrected chi connectivity index (χ1v) is 11.8. The Morgan fingerprint density at radius 3 is 2.64 bits per heavy atom. The molecule has 2 aromatic heterocycles. The molecule has 8 nitrogen and oxygen atoms in total. The van der Waals surface area contributed by atoms with Crippen molar-refractivity contribution in [2.45, 2.75) is 57.8 Å². The number of anilines is 1. The quantitative estimate of drug-likeness (QED) is 0.534. The van der Waals surface area contributed by atoms with Crippen LogP contribution in [0.15, 0.2) is 29.2 Å². The van der Waals surface area contributed by atoms with Crippen LogP contribution in [0.5, 0.6) is 0 Å². The Labute approximate surface area is 192 Å². The predicted octanol–water partition coefficient (Wildman–Crippen LogP) is 3.25. The zero-order valence-electron chi connectivity index (χ0n) is 19.4. The zero-order chi connectivity index (χ0) is 23.0. The molecule has 0 saturated heterocycles. The van der Waals surface area contributed by atoms with Crippen LogP contribution in [0.1, 0.15) is 55.2 Å². The van der Waals surface area contributed by atoms with E-state index in [1.807, 2.05) is 0 Å². The number of rotatable bonds is 4. The molecular formula is C25H30N6O2. The molecule has 0 spiro atoms. The van der Waals surface area contributed by atoms with E-state index in [1.54, 1.807) is 11.7 Å². The summed E-state index contributed by atoms with van der Waals surface area (Å²) in [5.74, 6) is 1.40. The summed E-state index contributed by atoms with van der Waals surface area (Å²) in [4.78, 5) is 33.1. The highest BCUT2D eigenvalue weighted by molar-refractivity contribution is 5.84. The van der Waals surface area contributed by atoms with Crippen molar-refractivity contribution in [1.29, 1.82) is 0 Å². The molecule has 33 heavy (non-hydrogen) atoms. The SMILES string of the molecule is Cc1ccc(C23CC4CC(CC(C(=O)NNc5nc6c(cnn6C)c(=O)[nH]5)(C4)C2)C3)cc1C. The maximum absolute atomic E-state index is 13.6. The third-order valence-corrected chi connectivity index (χ3v) is 8.56. The molecule has 1 aromatic carbocycles. The molecule has 0 radical (unpaired) electrons. The maximum Gasteiger partial charge on any atom is 0.263 e. The molecule has 4 bridgehead atoms. The number of nitrogens with zero attached hydrogens (tertiary/aromatic N) is 3. The molecule has 2 unspecified atom stereocenters. The van der Waals surface area contributed by atoms with Gasteiger partial charge in [0, 0.05) is 7.05 Å². The lowest BCUT2D eigenvalue weighted by Crippen LogP contribution is -2.59. The second-order valence-corrected chi connectivity index (χ2v) is 10.8. The Balaban J connectivity index is 1.27. The van der Waals surface area contributed by atoms with Crippen LogP contribution < -0.4 is 16.4 Å². The number of nitrogens with one attached hydrogen (secondary N) is 3. The molecule has 4 aliphatic carbocycles. The molecule has 7 rings (SSSR count). The molecule has 172 valence electrons. The summed E-state index contributed by atoms with van der Waals surface area (Å²) >= 11 is 0. The first kappa shape index (κ1) is 20.4. The number of benzene rings is 1. The van der Waals surface area contributed by atoms with Gasteiger partial charge >= 0.3 is 0 Å². The molecular weight excluding hydrogens is 416 g/mol. The Kier molecular flexibility index (Phi) is 4.29. The summed E-state index contributed by atoms with van der Waals surface area (Å²) < 4.78 is 1.55. The molecule has 8 heteroatoms. The van der Waals surface area contributed by atoms with Crippen LogP contribution in [-0.4, -0.2) is 25.7 Å². The summed E-state index contributed by atoms with van der Waals surface area (Å²) in [5.41, 5.74) is 9.70. The smallest absolute Gasteiger partial charge is 0.263 e. The molecule has 4 aliphatic rings. The van der Waals surface area contributed by atoms with E-state index in [-0.39, 0.29) is 28.2 Å². The summed E-state index contributed by atoms with van der Waals surface area (Å²) in [7, 11) is 1.73. The van der Waals surface area contributed by atoms with Gasteiger partial charge in [0.25, 0.3) is 5.56 Å². The fourth-order valence-corrected chi connectivity index (χ4v) is 7.28.